The molecule has 0 aromatic heterocycles. The highest BCUT2D eigenvalue weighted by Gasteiger charge is 2.59. The summed E-state index contributed by atoms with van der Waals surface area (Å²) in [4.78, 5) is 25.8. The number of carbonyl (C=O) groups is 2. The smallest absolute Gasteiger partial charge is 0.309 e. The average Bonchev–Trinajstić information content (AvgIpc) is 3.21. The third-order valence-corrected chi connectivity index (χ3v) is 13.8. The number of ketones is 1. The second kappa shape index (κ2) is 11.5. The van der Waals surface area contributed by atoms with E-state index in [9.17, 15) is 9.59 Å². The Kier molecular flexibility index (Phi) is 9.03. The number of esters is 1. The first-order valence-electron chi connectivity index (χ1n) is 14.5. The third-order valence-electron chi connectivity index (χ3n) is 11.2. The first-order valence-corrected chi connectivity index (χ1v) is 17.8. The largest absolute Gasteiger partial charge is 0.462 e. The fraction of sp³-hybridized carbons (Fsp3) is 0.688. The van der Waals surface area contributed by atoms with Crippen LogP contribution >= 0.6 is 67.8 Å². The van der Waals surface area contributed by atoms with Crippen LogP contribution < -0.4 is 0 Å². The minimum Gasteiger partial charge on any atom is -0.462 e. The predicted octanol–water partition coefficient (Wildman–Crippen LogP) is 9.15. The van der Waals surface area contributed by atoms with E-state index in [1.807, 2.05) is 6.92 Å². The van der Waals surface area contributed by atoms with Gasteiger partial charge in [-0.25, -0.2) is 0 Å². The lowest BCUT2D eigenvalue weighted by Gasteiger charge is -2.58. The van der Waals surface area contributed by atoms with Gasteiger partial charge in [-0.3, -0.25) is 9.59 Å². The number of hydrogen-bond acceptors (Lipinski definition) is 3. The van der Waals surface area contributed by atoms with Crippen molar-refractivity contribution in [2.24, 2.45) is 40.4 Å². The number of carbonyl (C=O) groups excluding carboxylic acids is 2. The van der Waals surface area contributed by atoms with E-state index < -0.39 is 0 Å². The third kappa shape index (κ3) is 5.31. The zero-order valence-corrected chi connectivity index (χ0v) is 29.6. The zero-order chi connectivity index (χ0) is 27.4. The average molecular weight is 854 g/mol. The molecule has 0 bridgehead atoms. The molecule has 4 aliphatic rings. The lowest BCUT2D eigenvalue weighted by atomic mass is 9.47. The van der Waals surface area contributed by atoms with E-state index in [0.29, 0.717) is 23.5 Å². The van der Waals surface area contributed by atoms with Crippen LogP contribution in [-0.2, 0) is 20.7 Å². The molecule has 4 aliphatic carbocycles. The number of ether oxygens (including phenoxy) is 1. The molecule has 0 amide bonds. The highest BCUT2D eigenvalue weighted by molar-refractivity contribution is 14.1. The number of halogens is 3. The van der Waals surface area contributed by atoms with Crippen LogP contribution in [0.3, 0.4) is 0 Å². The molecule has 3 fully saturated rings. The molecule has 6 heteroatoms. The van der Waals surface area contributed by atoms with E-state index in [0.717, 1.165) is 44.9 Å². The van der Waals surface area contributed by atoms with Crippen molar-refractivity contribution < 1.29 is 14.3 Å². The van der Waals surface area contributed by atoms with Crippen molar-refractivity contribution in [2.45, 2.75) is 98.0 Å². The van der Waals surface area contributed by atoms with Crippen molar-refractivity contribution in [1.29, 1.82) is 0 Å². The Morgan fingerprint density at radius 2 is 1.74 bits per heavy atom. The Balaban J connectivity index is 1.26. The fourth-order valence-electron chi connectivity index (χ4n) is 9.06. The Bertz CT molecular complexity index is 1120. The van der Waals surface area contributed by atoms with Crippen LogP contribution in [0.4, 0.5) is 0 Å². The molecule has 0 heterocycles. The van der Waals surface area contributed by atoms with Crippen LogP contribution in [0.1, 0.15) is 91.0 Å². The topological polar surface area (TPSA) is 43.4 Å². The van der Waals surface area contributed by atoms with E-state index in [4.69, 9.17) is 4.74 Å². The molecule has 38 heavy (non-hydrogen) atoms. The van der Waals surface area contributed by atoms with E-state index in [-0.39, 0.29) is 34.7 Å². The number of benzene rings is 1. The highest BCUT2D eigenvalue weighted by atomic mass is 127. The maximum atomic E-state index is 13.4. The molecule has 208 valence electrons. The molecular formula is C32H41I3O3. The van der Waals surface area contributed by atoms with E-state index in [2.05, 4.69) is 107 Å². The molecule has 0 radical (unpaired) electrons. The molecule has 1 aromatic rings. The minimum absolute atomic E-state index is 0.00437. The number of fused-ring (bicyclic) bond motifs is 5. The van der Waals surface area contributed by atoms with E-state index >= 15 is 0 Å². The number of allylic oxidation sites excluding steroid dienone is 1. The fourth-order valence-corrected chi connectivity index (χ4v) is 13.1. The molecule has 0 spiro atoms. The summed E-state index contributed by atoms with van der Waals surface area (Å²) in [7, 11) is 0. The molecular weight excluding hydrogens is 813 g/mol. The van der Waals surface area contributed by atoms with E-state index in [1.165, 1.54) is 35.5 Å². The van der Waals surface area contributed by atoms with Crippen molar-refractivity contribution in [3.05, 3.63) is 40.1 Å². The Hall–Kier alpha value is 0.290. The first kappa shape index (κ1) is 29.8. The van der Waals surface area contributed by atoms with Gasteiger partial charge in [0.05, 0.1) is 5.92 Å². The number of Topliss-reactive ketones (excluding diaryl/α,β-unsaturated/α-hetero) is 1. The van der Waals surface area contributed by atoms with Crippen LogP contribution in [0.25, 0.3) is 0 Å². The van der Waals surface area contributed by atoms with Gasteiger partial charge in [0.25, 0.3) is 0 Å². The quantitative estimate of drug-likeness (QED) is 0.163. The van der Waals surface area contributed by atoms with Crippen molar-refractivity contribution >= 4 is 79.5 Å². The van der Waals surface area contributed by atoms with Gasteiger partial charge in [-0.15, -0.1) is 0 Å². The number of hydrogen-bond donors (Lipinski definition) is 0. The van der Waals surface area contributed by atoms with Gasteiger partial charge in [-0.2, -0.15) is 0 Å². The standard InChI is InChI=1S/C32H41I3O3/c1-5-19(14-24-28(34)16-21(33)17-29(24)35)30(37)38-22-10-12-31(3)20(15-22)6-7-23-26-9-8-25(18(2)36)32(26,4)13-11-27(23)31/h6,16-17,19,22-23,25-27H,5,7-15H2,1-4H3. The summed E-state index contributed by atoms with van der Waals surface area (Å²) in [6.07, 6.45) is 13.0. The van der Waals surface area contributed by atoms with Gasteiger partial charge in [0.15, 0.2) is 0 Å². The van der Waals surface area contributed by atoms with E-state index in [1.54, 1.807) is 5.57 Å². The Labute approximate surface area is 269 Å². The maximum Gasteiger partial charge on any atom is 0.309 e. The molecule has 8 unspecified atom stereocenters. The lowest BCUT2D eigenvalue weighted by molar-refractivity contribution is -0.156. The summed E-state index contributed by atoms with van der Waals surface area (Å²) in [5.74, 6) is 2.64. The van der Waals surface area contributed by atoms with Gasteiger partial charge >= 0.3 is 5.97 Å². The molecule has 0 aliphatic heterocycles. The van der Waals surface area contributed by atoms with Gasteiger partial charge < -0.3 is 4.74 Å². The van der Waals surface area contributed by atoms with Crippen LogP contribution in [0.2, 0.25) is 0 Å². The summed E-state index contributed by atoms with van der Waals surface area (Å²) in [6, 6.07) is 4.39. The monoisotopic (exact) mass is 854 g/mol. The highest BCUT2D eigenvalue weighted by Crippen LogP contribution is 2.66. The molecule has 8 atom stereocenters. The first-order chi connectivity index (χ1) is 18.0. The molecule has 3 nitrogen and oxygen atoms in total. The summed E-state index contributed by atoms with van der Waals surface area (Å²) in [6.45, 7) is 8.85. The van der Waals surface area contributed by atoms with Crippen molar-refractivity contribution in [2.75, 3.05) is 0 Å². The van der Waals surface area contributed by atoms with Gasteiger partial charge in [-0.05, 0) is 179 Å². The van der Waals surface area contributed by atoms with Crippen LogP contribution in [-0.4, -0.2) is 17.9 Å². The Morgan fingerprint density at radius 1 is 1.03 bits per heavy atom. The maximum absolute atomic E-state index is 13.4. The molecule has 0 saturated heterocycles. The number of rotatable bonds is 6. The summed E-state index contributed by atoms with van der Waals surface area (Å²) in [5, 5.41) is 0. The van der Waals surface area contributed by atoms with Crippen molar-refractivity contribution in [1.82, 2.24) is 0 Å². The van der Waals surface area contributed by atoms with Gasteiger partial charge in [0.2, 0.25) is 0 Å². The SMILES string of the molecule is CCC(Cc1c(I)cc(I)cc1I)C(=O)OC1CCC2(C)C(=CCC3C2CCC2(C)C(C(C)=O)CCC32)C1. The second-order valence-electron chi connectivity index (χ2n) is 13.0. The molecule has 0 N–H and O–H groups in total. The van der Waals surface area contributed by atoms with Crippen molar-refractivity contribution in [3.63, 3.8) is 0 Å². The van der Waals surface area contributed by atoms with Crippen molar-refractivity contribution in [3.8, 4) is 0 Å². The van der Waals surface area contributed by atoms with Gasteiger partial charge in [-0.1, -0.05) is 32.4 Å². The molecule has 5 rings (SSSR count). The molecule has 3 saturated carbocycles. The predicted molar refractivity (Wildman–Crippen MR) is 178 cm³/mol. The van der Waals surface area contributed by atoms with Crippen LogP contribution in [0, 0.1) is 51.1 Å². The van der Waals surface area contributed by atoms with Gasteiger partial charge in [0.1, 0.15) is 11.9 Å². The Morgan fingerprint density at radius 3 is 2.39 bits per heavy atom. The minimum atomic E-state index is -0.0947. The summed E-state index contributed by atoms with van der Waals surface area (Å²) < 4.78 is 9.96. The van der Waals surface area contributed by atoms with Gasteiger partial charge in [0, 0.05) is 23.0 Å². The normalized spacial score (nSPS) is 36.9. The zero-order valence-electron chi connectivity index (χ0n) is 23.1. The lowest BCUT2D eigenvalue weighted by Crippen LogP contribution is -2.51. The van der Waals surface area contributed by atoms with Crippen LogP contribution in [0.15, 0.2) is 23.8 Å². The molecule has 1 aromatic carbocycles. The summed E-state index contributed by atoms with van der Waals surface area (Å²) in [5.41, 5.74) is 3.24. The summed E-state index contributed by atoms with van der Waals surface area (Å²) >= 11 is 7.17. The van der Waals surface area contributed by atoms with Crippen LogP contribution in [0.5, 0.6) is 0 Å². The second-order valence-corrected chi connectivity index (χ2v) is 16.6.